The lowest BCUT2D eigenvalue weighted by Gasteiger charge is -2.34. The van der Waals surface area contributed by atoms with Crippen molar-refractivity contribution in [2.75, 3.05) is 13.2 Å². The molecule has 0 amide bonds. The lowest BCUT2D eigenvalue weighted by molar-refractivity contribution is -0.156. The summed E-state index contributed by atoms with van der Waals surface area (Å²) in [6.07, 6.45) is -2.38. The Balaban J connectivity index is 1.91. The van der Waals surface area contributed by atoms with Crippen molar-refractivity contribution in [3.63, 3.8) is 0 Å². The summed E-state index contributed by atoms with van der Waals surface area (Å²) in [7, 11) is 0. The molecule has 0 bridgehead atoms. The topological polar surface area (TPSA) is 119 Å². The highest BCUT2D eigenvalue weighted by Crippen LogP contribution is 2.33. The van der Waals surface area contributed by atoms with E-state index in [0.29, 0.717) is 22.6 Å². The van der Waals surface area contributed by atoms with Gasteiger partial charge in [0.25, 0.3) is 0 Å². The number of ketones is 1. The predicted octanol–water partition coefficient (Wildman–Crippen LogP) is 3.97. The average Bonchev–Trinajstić information content (AvgIpc) is 3.18. The SMILES string of the molecule is Cc1nc2cc([C@@H]3C/C=C(/F)COC[C@H](C)[C@H](O)[C@H](C)C(=O)C(C)(C)[C@@H](O)CC(=O)O3)ccc2o1. The molecule has 0 fully saturated rings. The van der Waals surface area contributed by atoms with E-state index in [4.69, 9.17) is 13.9 Å². The molecular weight excluding hydrogens is 457 g/mol. The summed E-state index contributed by atoms with van der Waals surface area (Å²) in [5.41, 5.74) is 0.419. The van der Waals surface area contributed by atoms with Crippen LogP contribution in [0.15, 0.2) is 34.5 Å². The van der Waals surface area contributed by atoms with Crippen LogP contribution in [0, 0.1) is 24.2 Å². The number of hydrogen-bond donors (Lipinski definition) is 2. The molecule has 35 heavy (non-hydrogen) atoms. The summed E-state index contributed by atoms with van der Waals surface area (Å²) in [4.78, 5) is 30.2. The van der Waals surface area contributed by atoms with Crippen LogP contribution >= 0.6 is 0 Å². The minimum atomic E-state index is -1.34. The minimum absolute atomic E-state index is 0.0247. The summed E-state index contributed by atoms with van der Waals surface area (Å²) in [5.74, 6) is -2.47. The van der Waals surface area contributed by atoms with E-state index in [1.54, 1.807) is 39.0 Å². The van der Waals surface area contributed by atoms with Gasteiger partial charge in [0.1, 0.15) is 23.2 Å². The smallest absolute Gasteiger partial charge is 0.309 e. The number of aryl methyl sites for hydroxylation is 1. The van der Waals surface area contributed by atoms with Gasteiger partial charge in [-0.15, -0.1) is 0 Å². The largest absolute Gasteiger partial charge is 0.457 e. The first kappa shape index (κ1) is 27.0. The highest BCUT2D eigenvalue weighted by atomic mass is 19.1. The molecule has 0 saturated carbocycles. The normalized spacial score (nSPS) is 31.1. The fourth-order valence-electron chi connectivity index (χ4n) is 4.27. The number of rotatable bonds is 1. The number of aromatic nitrogens is 1. The van der Waals surface area contributed by atoms with Crippen molar-refractivity contribution >= 4 is 22.9 Å². The van der Waals surface area contributed by atoms with Crippen molar-refractivity contribution in [2.24, 2.45) is 17.3 Å². The van der Waals surface area contributed by atoms with Crippen LogP contribution in [0.2, 0.25) is 0 Å². The number of carbonyl (C=O) groups is 2. The zero-order chi connectivity index (χ0) is 25.9. The second-order valence-electron chi connectivity index (χ2n) is 9.90. The van der Waals surface area contributed by atoms with E-state index in [1.807, 2.05) is 0 Å². The Morgan fingerprint density at radius 2 is 1.89 bits per heavy atom. The number of carbonyl (C=O) groups excluding carboxylic acids is 2. The molecule has 5 atom stereocenters. The Morgan fingerprint density at radius 3 is 2.60 bits per heavy atom. The van der Waals surface area contributed by atoms with E-state index < -0.39 is 59.6 Å². The second-order valence-corrected chi connectivity index (χ2v) is 9.90. The van der Waals surface area contributed by atoms with Crippen molar-refractivity contribution in [1.82, 2.24) is 4.98 Å². The predicted molar refractivity (Wildman–Crippen MR) is 126 cm³/mol. The van der Waals surface area contributed by atoms with Crippen LogP contribution < -0.4 is 0 Å². The molecular formula is C26H34FNO7. The summed E-state index contributed by atoms with van der Waals surface area (Å²) >= 11 is 0. The molecule has 2 aromatic rings. The van der Waals surface area contributed by atoms with Crippen molar-refractivity contribution < 1.29 is 38.1 Å². The molecule has 1 aliphatic heterocycles. The molecule has 9 heteroatoms. The standard InChI is InChI=1S/C26H34FNO7/c1-14-12-33-13-18(27)7-9-20(17-6-8-21-19(10-17)28-16(3)34-21)35-23(30)11-22(29)26(4,5)25(32)15(2)24(14)31/h6-8,10,14-15,20,22,24,29,31H,9,11-13H2,1-5H3/b18-7+/t14-,15-,20-,22-,24-/m0/s1. The van der Waals surface area contributed by atoms with Crippen LogP contribution in [0.3, 0.4) is 0 Å². The highest BCUT2D eigenvalue weighted by molar-refractivity contribution is 5.88. The molecule has 0 aliphatic carbocycles. The summed E-state index contributed by atoms with van der Waals surface area (Å²) in [6.45, 7) is 7.80. The molecule has 0 saturated heterocycles. The van der Waals surface area contributed by atoms with Gasteiger partial charge in [-0.05, 0) is 23.8 Å². The third kappa shape index (κ3) is 6.34. The van der Waals surface area contributed by atoms with E-state index in [0.717, 1.165) is 0 Å². The van der Waals surface area contributed by atoms with Crippen LogP contribution in [0.1, 0.15) is 58.1 Å². The van der Waals surface area contributed by atoms with Gasteiger partial charge in [0, 0.05) is 25.2 Å². The maximum absolute atomic E-state index is 14.5. The van der Waals surface area contributed by atoms with E-state index >= 15 is 0 Å². The Kier molecular flexibility index (Phi) is 8.46. The molecule has 0 unspecified atom stereocenters. The van der Waals surface area contributed by atoms with Crippen LogP contribution in [-0.2, 0) is 19.1 Å². The van der Waals surface area contributed by atoms with Gasteiger partial charge >= 0.3 is 5.97 Å². The molecule has 0 spiro atoms. The van der Waals surface area contributed by atoms with Crippen LogP contribution in [0.5, 0.6) is 0 Å². The molecule has 1 aliphatic rings. The van der Waals surface area contributed by atoms with Gasteiger partial charge in [-0.2, -0.15) is 0 Å². The average molecular weight is 492 g/mol. The first-order valence-electron chi connectivity index (χ1n) is 11.8. The van der Waals surface area contributed by atoms with Crippen molar-refractivity contribution in [1.29, 1.82) is 0 Å². The monoisotopic (exact) mass is 491 g/mol. The van der Waals surface area contributed by atoms with Crippen molar-refractivity contribution in [3.8, 4) is 0 Å². The van der Waals surface area contributed by atoms with Gasteiger partial charge < -0.3 is 24.1 Å². The van der Waals surface area contributed by atoms with Gasteiger partial charge in [0.15, 0.2) is 11.5 Å². The number of nitrogens with zero attached hydrogens (tertiary/aromatic N) is 1. The van der Waals surface area contributed by atoms with E-state index in [2.05, 4.69) is 4.98 Å². The number of aliphatic hydroxyl groups excluding tert-OH is 2. The molecule has 1 aromatic carbocycles. The van der Waals surface area contributed by atoms with Gasteiger partial charge in [-0.1, -0.05) is 33.8 Å². The van der Waals surface area contributed by atoms with Gasteiger partial charge in [-0.25, -0.2) is 9.37 Å². The summed E-state index contributed by atoms with van der Waals surface area (Å²) < 4.78 is 31.0. The summed E-state index contributed by atoms with van der Waals surface area (Å²) in [6, 6.07) is 5.12. The zero-order valence-electron chi connectivity index (χ0n) is 20.8. The Hall–Kier alpha value is -2.62. The lowest BCUT2D eigenvalue weighted by atomic mass is 9.73. The quantitative estimate of drug-likeness (QED) is 0.575. The van der Waals surface area contributed by atoms with Gasteiger partial charge in [0.05, 0.1) is 37.3 Å². The van der Waals surface area contributed by atoms with E-state index in [1.165, 1.54) is 19.9 Å². The molecule has 2 N–H and O–H groups in total. The third-order valence-electron chi connectivity index (χ3n) is 6.68. The Labute approximate surface area is 204 Å². The third-order valence-corrected chi connectivity index (χ3v) is 6.68. The molecule has 1 aromatic heterocycles. The van der Waals surface area contributed by atoms with E-state index in [-0.39, 0.29) is 19.6 Å². The number of cyclic esters (lactones) is 1. The number of benzene rings is 1. The zero-order valence-corrected chi connectivity index (χ0v) is 20.8. The van der Waals surface area contributed by atoms with Crippen LogP contribution in [-0.4, -0.2) is 52.4 Å². The number of oxazole rings is 1. The lowest BCUT2D eigenvalue weighted by Crippen LogP contribution is -2.46. The van der Waals surface area contributed by atoms with E-state index in [9.17, 15) is 24.2 Å². The minimum Gasteiger partial charge on any atom is -0.457 e. The Bertz CT molecular complexity index is 1090. The fraction of sp³-hybridized carbons (Fsp3) is 0.577. The number of Topliss-reactive ketones (excluding diaryl/α,β-unsaturated/α-hetero) is 1. The number of hydrogen-bond acceptors (Lipinski definition) is 8. The first-order chi connectivity index (χ1) is 16.4. The van der Waals surface area contributed by atoms with Crippen LogP contribution in [0.25, 0.3) is 11.1 Å². The van der Waals surface area contributed by atoms with Gasteiger partial charge in [-0.3, -0.25) is 9.59 Å². The van der Waals surface area contributed by atoms with Crippen molar-refractivity contribution in [3.05, 3.63) is 41.6 Å². The Morgan fingerprint density at radius 1 is 1.17 bits per heavy atom. The maximum Gasteiger partial charge on any atom is 0.309 e. The van der Waals surface area contributed by atoms with Gasteiger partial charge in [0.2, 0.25) is 0 Å². The molecule has 192 valence electrons. The molecule has 8 nitrogen and oxygen atoms in total. The summed E-state index contributed by atoms with van der Waals surface area (Å²) in [5, 5.41) is 21.4. The highest BCUT2D eigenvalue weighted by Gasteiger charge is 2.42. The first-order valence-corrected chi connectivity index (χ1v) is 11.8. The number of esters is 1. The molecule has 2 heterocycles. The number of halogens is 1. The van der Waals surface area contributed by atoms with Crippen molar-refractivity contribution in [2.45, 2.75) is 65.8 Å². The number of ether oxygens (including phenoxy) is 2. The molecule has 0 radical (unpaired) electrons. The maximum atomic E-state index is 14.5. The fourth-order valence-corrected chi connectivity index (χ4v) is 4.27. The second kappa shape index (κ2) is 11.0. The molecule has 3 rings (SSSR count). The van der Waals surface area contributed by atoms with Crippen LogP contribution in [0.4, 0.5) is 4.39 Å². The number of aliphatic hydroxyl groups is 2. The number of fused-ring (bicyclic) bond motifs is 1.